The van der Waals surface area contributed by atoms with Crippen LogP contribution < -0.4 is 0 Å². The second kappa shape index (κ2) is 4.26. The van der Waals surface area contributed by atoms with Gasteiger partial charge in [-0.05, 0) is 0 Å². The molecular weight excluding hydrogens is 202 g/mol. The average molecular weight is 219 g/mol. The van der Waals surface area contributed by atoms with E-state index in [1.54, 1.807) is 0 Å². The molecule has 2 rings (SSSR count). The summed E-state index contributed by atoms with van der Waals surface area (Å²) in [6.07, 6.45) is 1.69. The van der Waals surface area contributed by atoms with Crippen LogP contribution in [0, 0.1) is 0 Å². The highest BCUT2D eigenvalue weighted by Gasteiger charge is 2.40. The summed E-state index contributed by atoms with van der Waals surface area (Å²) in [4.78, 5) is 0. The Labute approximate surface area is 87.1 Å². The Morgan fingerprint density at radius 1 is 1.29 bits per heavy atom. The van der Waals surface area contributed by atoms with Crippen LogP contribution in [-0.4, -0.2) is 46.4 Å². The predicted molar refractivity (Wildman–Crippen MR) is 54.1 cm³/mol. The normalized spacial score (nSPS) is 29.5. The molecule has 14 heavy (non-hydrogen) atoms. The van der Waals surface area contributed by atoms with E-state index < -0.39 is 11.0 Å². The molecule has 1 unspecified atom stereocenters. The number of hydrogen-bond acceptors (Lipinski definition) is 3. The molecule has 0 aromatic heterocycles. The van der Waals surface area contributed by atoms with Gasteiger partial charge in [-0.2, -0.15) is 0 Å². The van der Waals surface area contributed by atoms with Crippen molar-refractivity contribution in [3.63, 3.8) is 0 Å². The minimum absolute atomic E-state index is 0.339. The standard InChI is InChI=1S/C9H17NO3S/c1-2-14(11)10-5-3-9(4-6-10)12-7-8-13-9/h2-8H2,1H3. The Balaban J connectivity index is 1.88. The van der Waals surface area contributed by atoms with E-state index in [2.05, 4.69) is 0 Å². The minimum atomic E-state index is -0.808. The van der Waals surface area contributed by atoms with E-state index in [-0.39, 0.29) is 5.79 Å². The van der Waals surface area contributed by atoms with Gasteiger partial charge in [0.25, 0.3) is 0 Å². The lowest BCUT2D eigenvalue weighted by atomic mass is 10.1. The molecule has 5 heteroatoms. The van der Waals surface area contributed by atoms with Gasteiger partial charge in [-0.25, -0.2) is 8.51 Å². The largest absolute Gasteiger partial charge is 0.347 e. The highest BCUT2D eigenvalue weighted by molar-refractivity contribution is 7.82. The molecule has 0 N–H and O–H groups in total. The first-order chi connectivity index (χ1) is 6.76. The molecule has 0 saturated carbocycles. The van der Waals surface area contributed by atoms with Gasteiger partial charge < -0.3 is 9.47 Å². The monoisotopic (exact) mass is 219 g/mol. The van der Waals surface area contributed by atoms with Gasteiger partial charge in [0.05, 0.1) is 24.2 Å². The van der Waals surface area contributed by atoms with Gasteiger partial charge in [0.2, 0.25) is 0 Å². The van der Waals surface area contributed by atoms with Crippen molar-refractivity contribution in [1.82, 2.24) is 4.31 Å². The van der Waals surface area contributed by atoms with E-state index in [1.165, 1.54) is 0 Å². The van der Waals surface area contributed by atoms with Gasteiger partial charge in [-0.15, -0.1) is 0 Å². The van der Waals surface area contributed by atoms with Crippen LogP contribution in [0.5, 0.6) is 0 Å². The number of piperidine rings is 1. The molecule has 2 fully saturated rings. The van der Waals surface area contributed by atoms with Crippen molar-refractivity contribution in [3.8, 4) is 0 Å². The molecule has 0 aliphatic carbocycles. The highest BCUT2D eigenvalue weighted by atomic mass is 32.2. The van der Waals surface area contributed by atoms with Crippen molar-refractivity contribution in [1.29, 1.82) is 0 Å². The lowest BCUT2D eigenvalue weighted by molar-refractivity contribution is -0.179. The SMILES string of the molecule is CCS(=O)N1CCC2(CC1)OCCO2. The summed E-state index contributed by atoms with van der Waals surface area (Å²) in [5, 5.41) is 0. The number of hydrogen-bond donors (Lipinski definition) is 0. The van der Waals surface area contributed by atoms with Crippen molar-refractivity contribution >= 4 is 11.0 Å². The van der Waals surface area contributed by atoms with Crippen molar-refractivity contribution in [2.75, 3.05) is 32.1 Å². The maximum absolute atomic E-state index is 11.5. The number of nitrogens with zero attached hydrogens (tertiary/aromatic N) is 1. The number of rotatable bonds is 2. The van der Waals surface area contributed by atoms with Gasteiger partial charge in [0.1, 0.15) is 0 Å². The first-order valence-corrected chi connectivity index (χ1v) is 6.45. The fourth-order valence-corrected chi connectivity index (χ4v) is 2.95. The summed E-state index contributed by atoms with van der Waals surface area (Å²) in [6, 6.07) is 0. The molecule has 4 nitrogen and oxygen atoms in total. The summed E-state index contributed by atoms with van der Waals surface area (Å²) in [5.41, 5.74) is 0. The van der Waals surface area contributed by atoms with Crippen molar-refractivity contribution in [2.24, 2.45) is 0 Å². The van der Waals surface area contributed by atoms with Crippen molar-refractivity contribution in [3.05, 3.63) is 0 Å². The molecule has 0 bridgehead atoms. The Hall–Kier alpha value is 0.0300. The Bertz CT molecular complexity index is 218. The summed E-state index contributed by atoms with van der Waals surface area (Å²) in [7, 11) is -0.808. The highest BCUT2D eigenvalue weighted by Crippen LogP contribution is 2.31. The summed E-state index contributed by atoms with van der Waals surface area (Å²) < 4.78 is 24.7. The van der Waals surface area contributed by atoms with Gasteiger partial charge in [0, 0.05) is 31.7 Å². The minimum Gasteiger partial charge on any atom is -0.347 e. The third kappa shape index (κ3) is 2.00. The van der Waals surface area contributed by atoms with Crippen LogP contribution in [0.3, 0.4) is 0 Å². The van der Waals surface area contributed by atoms with Gasteiger partial charge >= 0.3 is 0 Å². The van der Waals surface area contributed by atoms with Crippen LogP contribution in [0.1, 0.15) is 19.8 Å². The molecule has 2 aliphatic rings. The van der Waals surface area contributed by atoms with Crippen LogP contribution in [0.15, 0.2) is 0 Å². The topological polar surface area (TPSA) is 38.8 Å². The van der Waals surface area contributed by atoms with Gasteiger partial charge in [-0.1, -0.05) is 6.92 Å². The summed E-state index contributed by atoms with van der Waals surface area (Å²) >= 11 is 0. The second-order valence-corrected chi connectivity index (χ2v) is 5.38. The molecule has 1 spiro atoms. The number of ether oxygens (including phenoxy) is 2. The van der Waals surface area contributed by atoms with Crippen molar-refractivity contribution in [2.45, 2.75) is 25.6 Å². The van der Waals surface area contributed by atoms with E-state index >= 15 is 0 Å². The fraction of sp³-hybridized carbons (Fsp3) is 1.00. The molecule has 82 valence electrons. The van der Waals surface area contributed by atoms with E-state index in [9.17, 15) is 4.21 Å². The van der Waals surface area contributed by atoms with E-state index in [4.69, 9.17) is 9.47 Å². The lowest BCUT2D eigenvalue weighted by Crippen LogP contribution is -2.45. The molecule has 2 heterocycles. The summed E-state index contributed by atoms with van der Waals surface area (Å²) in [5.74, 6) is 0.364. The molecule has 2 aliphatic heterocycles. The zero-order valence-electron chi connectivity index (χ0n) is 8.53. The lowest BCUT2D eigenvalue weighted by Gasteiger charge is -2.36. The van der Waals surface area contributed by atoms with Crippen LogP contribution in [-0.2, 0) is 20.5 Å². The summed E-state index contributed by atoms with van der Waals surface area (Å²) in [6.45, 7) is 5.00. The Morgan fingerprint density at radius 2 is 1.86 bits per heavy atom. The predicted octanol–water partition coefficient (Wildman–Crippen LogP) is 0.509. The van der Waals surface area contributed by atoms with E-state index in [0.717, 1.165) is 25.9 Å². The van der Waals surface area contributed by atoms with E-state index in [0.29, 0.717) is 19.0 Å². The molecule has 0 amide bonds. The molecule has 0 radical (unpaired) electrons. The zero-order valence-corrected chi connectivity index (χ0v) is 9.35. The maximum atomic E-state index is 11.5. The zero-order chi connectivity index (χ0) is 10.0. The smallest absolute Gasteiger partial charge is 0.171 e. The third-order valence-electron chi connectivity index (χ3n) is 2.83. The first-order valence-electron chi connectivity index (χ1n) is 5.17. The Kier molecular flexibility index (Phi) is 3.21. The van der Waals surface area contributed by atoms with Gasteiger partial charge in [-0.3, -0.25) is 0 Å². The third-order valence-corrected chi connectivity index (χ3v) is 4.27. The fourth-order valence-electron chi connectivity index (χ4n) is 2.00. The van der Waals surface area contributed by atoms with E-state index in [1.807, 2.05) is 11.2 Å². The van der Waals surface area contributed by atoms with Crippen LogP contribution in [0.25, 0.3) is 0 Å². The Morgan fingerprint density at radius 3 is 2.36 bits per heavy atom. The first kappa shape index (κ1) is 10.5. The quantitative estimate of drug-likeness (QED) is 0.679. The molecule has 0 aromatic carbocycles. The maximum Gasteiger partial charge on any atom is 0.171 e. The van der Waals surface area contributed by atoms with Gasteiger partial charge in [0.15, 0.2) is 5.79 Å². The van der Waals surface area contributed by atoms with Crippen molar-refractivity contribution < 1.29 is 13.7 Å². The molecule has 0 aromatic rings. The second-order valence-electron chi connectivity index (χ2n) is 3.65. The van der Waals surface area contributed by atoms with Crippen LogP contribution in [0.2, 0.25) is 0 Å². The molecule has 1 atom stereocenters. The van der Waals surface area contributed by atoms with Crippen LogP contribution in [0.4, 0.5) is 0 Å². The molecular formula is C9H17NO3S. The average Bonchev–Trinajstić information content (AvgIpc) is 2.67. The molecule has 2 saturated heterocycles. The van der Waals surface area contributed by atoms with Crippen LogP contribution >= 0.6 is 0 Å².